The van der Waals surface area contributed by atoms with E-state index in [4.69, 9.17) is 4.74 Å². The highest BCUT2D eigenvalue weighted by Gasteiger charge is 2.22. The Balaban J connectivity index is 1.73. The van der Waals surface area contributed by atoms with E-state index in [1.54, 1.807) is 4.90 Å². The lowest BCUT2D eigenvalue weighted by Crippen LogP contribution is -2.45. The summed E-state index contributed by atoms with van der Waals surface area (Å²) in [5, 5.41) is 2.59. The number of hydrogen-bond acceptors (Lipinski definition) is 3. The van der Waals surface area contributed by atoms with Crippen molar-refractivity contribution in [3.8, 4) is 0 Å². The molecule has 3 amide bonds. The Morgan fingerprint density at radius 3 is 2.42 bits per heavy atom. The van der Waals surface area contributed by atoms with E-state index in [2.05, 4.69) is 44.9 Å². The van der Waals surface area contributed by atoms with E-state index < -0.39 is 17.7 Å². The van der Waals surface area contributed by atoms with Gasteiger partial charge in [-0.05, 0) is 61.7 Å². The van der Waals surface area contributed by atoms with E-state index in [0.29, 0.717) is 39.3 Å². The average molecular weight is 620 g/mol. The second-order valence-corrected chi connectivity index (χ2v) is 10.4. The summed E-state index contributed by atoms with van der Waals surface area (Å²) in [6.45, 7) is 6.67. The van der Waals surface area contributed by atoms with Crippen LogP contribution in [0.1, 0.15) is 44.4 Å². The number of ether oxygens (including phenoxy) is 1. The summed E-state index contributed by atoms with van der Waals surface area (Å²) >= 11 is 3.47. The third-order valence-corrected chi connectivity index (χ3v) is 6.91. The predicted molar refractivity (Wildman–Crippen MR) is 156 cm³/mol. The molecule has 1 N–H and O–H groups in total. The molecule has 216 valence electrons. The van der Waals surface area contributed by atoms with Gasteiger partial charge in [-0.1, -0.05) is 41.4 Å². The smallest absolute Gasteiger partial charge is 0.322 e. The number of nitrogens with zero attached hydrogens (tertiary/aromatic N) is 3. The molecule has 0 spiro atoms. The lowest BCUT2D eigenvalue weighted by atomic mass is 10.2. The van der Waals surface area contributed by atoms with Gasteiger partial charge in [0.05, 0.1) is 6.54 Å². The van der Waals surface area contributed by atoms with Crippen molar-refractivity contribution in [1.29, 1.82) is 0 Å². The topological polar surface area (TPSA) is 66.8 Å². The Morgan fingerprint density at radius 2 is 1.73 bits per heavy atom. The van der Waals surface area contributed by atoms with Crippen molar-refractivity contribution in [2.45, 2.75) is 46.2 Å². The molecule has 0 radical (unpaired) electrons. The molecule has 1 aromatic heterocycles. The molecule has 0 saturated heterocycles. The van der Waals surface area contributed by atoms with Gasteiger partial charge in [0.15, 0.2) is 11.6 Å². The molecule has 7 nitrogen and oxygen atoms in total. The highest BCUT2D eigenvalue weighted by molar-refractivity contribution is 9.10. The quantitative estimate of drug-likeness (QED) is 0.194. The van der Waals surface area contributed by atoms with E-state index in [9.17, 15) is 18.4 Å². The van der Waals surface area contributed by atoms with Crippen LogP contribution in [0, 0.1) is 11.6 Å². The van der Waals surface area contributed by atoms with Gasteiger partial charge in [0.2, 0.25) is 5.91 Å². The largest absolute Gasteiger partial charge is 0.382 e. The number of carbonyl (C=O) groups is 2. The zero-order chi connectivity index (χ0) is 28.9. The van der Waals surface area contributed by atoms with Crippen LogP contribution in [0.3, 0.4) is 0 Å². The minimum absolute atomic E-state index is 0.111. The zero-order valence-electron chi connectivity index (χ0n) is 23.0. The van der Waals surface area contributed by atoms with Gasteiger partial charge in [0.25, 0.3) is 0 Å². The van der Waals surface area contributed by atoms with Crippen LogP contribution < -0.4 is 5.32 Å². The van der Waals surface area contributed by atoms with Crippen LogP contribution in [0.15, 0.2) is 65.3 Å². The van der Waals surface area contributed by atoms with Crippen molar-refractivity contribution in [3.63, 3.8) is 0 Å². The molecule has 3 rings (SSSR count). The average Bonchev–Trinajstić information content (AvgIpc) is 3.37. The van der Waals surface area contributed by atoms with Crippen molar-refractivity contribution in [3.05, 3.63) is 88.2 Å². The number of carbonyl (C=O) groups excluding carboxylic acids is 2. The molecule has 0 aliphatic rings. The fourth-order valence-electron chi connectivity index (χ4n) is 4.16. The van der Waals surface area contributed by atoms with Gasteiger partial charge in [0, 0.05) is 61.0 Å². The standard InChI is InChI=1S/C30H37BrF2N4O3/c1-3-5-15-36(21-26-8-6-16-35(26)20-23-9-11-24(31)12-10-23)29(38)22-37(17-7-18-40-4-2)30(39)34-25-13-14-27(32)28(33)19-25/h6,8-14,16,19H,3-5,7,15,17-18,20-22H2,1-2H3,(H,34,39). The van der Waals surface area contributed by atoms with Crippen molar-refractivity contribution in [1.82, 2.24) is 14.4 Å². The van der Waals surface area contributed by atoms with E-state index in [1.165, 1.54) is 11.0 Å². The van der Waals surface area contributed by atoms with Crippen LogP contribution in [0.2, 0.25) is 0 Å². The summed E-state index contributed by atoms with van der Waals surface area (Å²) < 4.78 is 35.6. The molecule has 1 heterocycles. The van der Waals surface area contributed by atoms with Gasteiger partial charge in [-0.25, -0.2) is 13.6 Å². The number of unbranched alkanes of at least 4 members (excludes halogenated alkanes) is 1. The number of benzene rings is 2. The summed E-state index contributed by atoms with van der Waals surface area (Å²) in [5.41, 5.74) is 2.24. The minimum atomic E-state index is -1.06. The first kappa shape index (κ1) is 31.3. The number of nitrogens with one attached hydrogen (secondary N) is 1. The number of anilines is 1. The summed E-state index contributed by atoms with van der Waals surface area (Å²) in [5.74, 6) is -2.26. The van der Waals surface area contributed by atoms with Crippen LogP contribution in [-0.2, 0) is 22.6 Å². The van der Waals surface area contributed by atoms with Crippen LogP contribution >= 0.6 is 15.9 Å². The molecule has 0 unspecified atom stereocenters. The second kappa shape index (κ2) is 16.1. The zero-order valence-corrected chi connectivity index (χ0v) is 24.6. The van der Waals surface area contributed by atoms with Crippen molar-refractivity contribution in [2.24, 2.45) is 0 Å². The van der Waals surface area contributed by atoms with Gasteiger partial charge in [-0.3, -0.25) is 4.79 Å². The molecule has 0 aliphatic carbocycles. The van der Waals surface area contributed by atoms with Crippen LogP contribution in [0.5, 0.6) is 0 Å². The first-order chi connectivity index (χ1) is 19.3. The third-order valence-electron chi connectivity index (χ3n) is 6.38. The number of rotatable bonds is 15. The van der Waals surface area contributed by atoms with Crippen LogP contribution in [0.4, 0.5) is 19.3 Å². The SMILES string of the molecule is CCCCN(Cc1cccn1Cc1ccc(Br)cc1)C(=O)CN(CCCOCC)C(=O)Nc1ccc(F)c(F)c1. The summed E-state index contributed by atoms with van der Waals surface area (Å²) in [4.78, 5) is 29.9. The maximum absolute atomic E-state index is 13.7. The molecular weight excluding hydrogens is 582 g/mol. The number of aromatic nitrogens is 1. The molecule has 0 aliphatic heterocycles. The molecule has 10 heteroatoms. The van der Waals surface area contributed by atoms with Crippen molar-refractivity contribution >= 4 is 33.6 Å². The normalized spacial score (nSPS) is 10.9. The van der Waals surface area contributed by atoms with Crippen molar-refractivity contribution in [2.75, 3.05) is 38.2 Å². The Hall–Kier alpha value is -3.24. The Labute approximate surface area is 243 Å². The Bertz CT molecular complexity index is 1240. The monoisotopic (exact) mass is 618 g/mol. The Kier molecular flexibility index (Phi) is 12.6. The van der Waals surface area contributed by atoms with Gasteiger partial charge in [-0.2, -0.15) is 0 Å². The van der Waals surface area contributed by atoms with E-state index in [-0.39, 0.29) is 24.7 Å². The number of amides is 3. The number of urea groups is 1. The van der Waals surface area contributed by atoms with Crippen molar-refractivity contribution < 1.29 is 23.1 Å². The molecule has 40 heavy (non-hydrogen) atoms. The molecule has 0 atom stereocenters. The maximum atomic E-state index is 13.7. The minimum Gasteiger partial charge on any atom is -0.382 e. The van der Waals surface area contributed by atoms with E-state index >= 15 is 0 Å². The Morgan fingerprint density at radius 1 is 0.975 bits per heavy atom. The fourth-order valence-corrected chi connectivity index (χ4v) is 4.43. The lowest BCUT2D eigenvalue weighted by Gasteiger charge is -2.28. The lowest BCUT2D eigenvalue weighted by molar-refractivity contribution is -0.132. The molecule has 0 bridgehead atoms. The summed E-state index contributed by atoms with van der Waals surface area (Å²) in [6.07, 6.45) is 4.26. The molecular formula is C30H37BrF2N4O3. The fraction of sp³-hybridized carbons (Fsp3) is 0.400. The molecule has 3 aromatic rings. The van der Waals surface area contributed by atoms with Gasteiger partial charge in [-0.15, -0.1) is 0 Å². The first-order valence-electron chi connectivity index (χ1n) is 13.6. The van der Waals surface area contributed by atoms with Crippen LogP contribution in [-0.4, -0.2) is 59.2 Å². The highest BCUT2D eigenvalue weighted by Crippen LogP contribution is 2.16. The first-order valence-corrected chi connectivity index (χ1v) is 14.3. The highest BCUT2D eigenvalue weighted by atomic mass is 79.9. The molecule has 0 fully saturated rings. The van der Waals surface area contributed by atoms with E-state index in [0.717, 1.165) is 40.7 Å². The number of hydrogen-bond donors (Lipinski definition) is 1. The van der Waals surface area contributed by atoms with Gasteiger partial charge >= 0.3 is 6.03 Å². The summed E-state index contributed by atoms with van der Waals surface area (Å²) in [7, 11) is 0. The molecule has 0 saturated carbocycles. The predicted octanol–water partition coefficient (Wildman–Crippen LogP) is 6.67. The van der Waals surface area contributed by atoms with Crippen LogP contribution in [0.25, 0.3) is 0 Å². The second-order valence-electron chi connectivity index (χ2n) is 9.45. The maximum Gasteiger partial charge on any atom is 0.322 e. The number of halogens is 3. The van der Waals surface area contributed by atoms with E-state index in [1.807, 2.05) is 37.4 Å². The van der Waals surface area contributed by atoms with Gasteiger partial charge < -0.3 is 24.4 Å². The van der Waals surface area contributed by atoms with Gasteiger partial charge in [0.1, 0.15) is 6.54 Å². The third kappa shape index (κ3) is 9.75. The molecule has 2 aromatic carbocycles. The summed E-state index contributed by atoms with van der Waals surface area (Å²) in [6, 6.07) is 14.7.